The Balaban J connectivity index is 2.55. The molecule has 0 bridgehead atoms. The topological polar surface area (TPSA) is 34.2 Å². The van der Waals surface area contributed by atoms with Crippen molar-refractivity contribution < 1.29 is 13.5 Å². The van der Waals surface area contributed by atoms with Crippen molar-refractivity contribution in [2.75, 3.05) is 14.2 Å². The standard InChI is InChI=1S/C14H13ClF2N2O/c1-18-13(14-12(20-2)4-3-5-19-14)8-6-11(17)9(15)7-10(8)16/h3-7,13,18H,1-2H3. The molecular weight excluding hydrogens is 286 g/mol. The van der Waals surface area contributed by atoms with Gasteiger partial charge < -0.3 is 10.1 Å². The van der Waals surface area contributed by atoms with Gasteiger partial charge in [-0.1, -0.05) is 11.6 Å². The predicted molar refractivity (Wildman–Crippen MR) is 73.1 cm³/mol. The normalized spacial score (nSPS) is 12.2. The monoisotopic (exact) mass is 298 g/mol. The number of pyridine rings is 1. The molecule has 1 unspecified atom stereocenters. The van der Waals surface area contributed by atoms with Gasteiger partial charge in [-0.2, -0.15) is 0 Å². The first-order valence-corrected chi connectivity index (χ1v) is 6.27. The second-order valence-electron chi connectivity index (χ2n) is 4.10. The molecule has 0 spiro atoms. The second-order valence-corrected chi connectivity index (χ2v) is 4.51. The molecule has 0 saturated heterocycles. The van der Waals surface area contributed by atoms with Crippen molar-refractivity contribution in [1.29, 1.82) is 0 Å². The van der Waals surface area contributed by atoms with Crippen LogP contribution in [0.15, 0.2) is 30.5 Å². The molecule has 2 rings (SSSR count). The lowest BCUT2D eigenvalue weighted by atomic mass is 10.0. The molecule has 0 amide bonds. The van der Waals surface area contributed by atoms with Crippen molar-refractivity contribution in [3.8, 4) is 5.75 Å². The maximum Gasteiger partial charge on any atom is 0.142 e. The van der Waals surface area contributed by atoms with E-state index in [1.165, 1.54) is 7.11 Å². The van der Waals surface area contributed by atoms with Gasteiger partial charge in [-0.25, -0.2) is 8.78 Å². The zero-order valence-corrected chi connectivity index (χ0v) is 11.7. The van der Waals surface area contributed by atoms with E-state index in [2.05, 4.69) is 10.3 Å². The molecule has 0 fully saturated rings. The number of benzene rings is 1. The van der Waals surface area contributed by atoms with Crippen LogP contribution in [0.25, 0.3) is 0 Å². The minimum atomic E-state index is -0.682. The summed E-state index contributed by atoms with van der Waals surface area (Å²) in [5, 5.41) is 2.65. The van der Waals surface area contributed by atoms with Crippen molar-refractivity contribution >= 4 is 11.6 Å². The van der Waals surface area contributed by atoms with Gasteiger partial charge >= 0.3 is 0 Å². The van der Waals surface area contributed by atoms with E-state index in [1.54, 1.807) is 25.4 Å². The fourth-order valence-electron chi connectivity index (χ4n) is 1.99. The molecule has 1 aromatic heterocycles. The Morgan fingerprint density at radius 2 is 2.05 bits per heavy atom. The molecule has 6 heteroatoms. The summed E-state index contributed by atoms with van der Waals surface area (Å²) in [5.41, 5.74) is 0.588. The van der Waals surface area contributed by atoms with E-state index in [4.69, 9.17) is 16.3 Å². The molecule has 106 valence electrons. The van der Waals surface area contributed by atoms with Crippen molar-refractivity contribution in [3.05, 3.63) is 58.4 Å². The Labute approximate surface area is 120 Å². The van der Waals surface area contributed by atoms with E-state index in [-0.39, 0.29) is 10.6 Å². The van der Waals surface area contributed by atoms with E-state index >= 15 is 0 Å². The Hall–Kier alpha value is -1.72. The van der Waals surface area contributed by atoms with Gasteiger partial charge in [0.25, 0.3) is 0 Å². The number of ether oxygens (including phenoxy) is 1. The van der Waals surface area contributed by atoms with Crippen molar-refractivity contribution in [2.45, 2.75) is 6.04 Å². The summed E-state index contributed by atoms with van der Waals surface area (Å²) < 4.78 is 32.8. The Morgan fingerprint density at radius 1 is 1.30 bits per heavy atom. The highest BCUT2D eigenvalue weighted by molar-refractivity contribution is 6.30. The lowest BCUT2D eigenvalue weighted by molar-refractivity contribution is 0.400. The van der Waals surface area contributed by atoms with Gasteiger partial charge in [-0.15, -0.1) is 0 Å². The highest BCUT2D eigenvalue weighted by atomic mass is 35.5. The Kier molecular flexibility index (Phi) is 4.52. The van der Waals surface area contributed by atoms with Crippen LogP contribution in [0.3, 0.4) is 0 Å². The van der Waals surface area contributed by atoms with Gasteiger partial charge in [0.1, 0.15) is 23.1 Å². The third kappa shape index (κ3) is 2.73. The van der Waals surface area contributed by atoms with Gasteiger partial charge in [0, 0.05) is 11.8 Å². The van der Waals surface area contributed by atoms with Crippen molar-refractivity contribution in [2.24, 2.45) is 0 Å². The number of nitrogens with zero attached hydrogens (tertiary/aromatic N) is 1. The summed E-state index contributed by atoms with van der Waals surface area (Å²) in [6, 6.07) is 4.78. The number of hydrogen-bond donors (Lipinski definition) is 1. The average Bonchev–Trinajstić information content (AvgIpc) is 2.45. The summed E-state index contributed by atoms with van der Waals surface area (Å²) >= 11 is 5.56. The number of aromatic nitrogens is 1. The van der Waals surface area contributed by atoms with Crippen LogP contribution in [0.4, 0.5) is 8.78 Å². The molecule has 0 aliphatic heterocycles. The number of rotatable bonds is 4. The van der Waals surface area contributed by atoms with Crippen LogP contribution in [-0.2, 0) is 0 Å². The summed E-state index contributed by atoms with van der Waals surface area (Å²) in [5.74, 6) is -0.803. The third-order valence-electron chi connectivity index (χ3n) is 2.93. The van der Waals surface area contributed by atoms with Gasteiger partial charge in [0.2, 0.25) is 0 Å². The zero-order chi connectivity index (χ0) is 14.7. The van der Waals surface area contributed by atoms with Gasteiger partial charge in [-0.3, -0.25) is 4.98 Å². The van der Waals surface area contributed by atoms with E-state index in [1.807, 2.05) is 0 Å². The van der Waals surface area contributed by atoms with E-state index in [9.17, 15) is 8.78 Å². The molecule has 1 heterocycles. The molecule has 1 N–H and O–H groups in total. The lowest BCUT2D eigenvalue weighted by Gasteiger charge is -2.19. The quantitative estimate of drug-likeness (QED) is 0.879. The van der Waals surface area contributed by atoms with Crippen LogP contribution in [0, 0.1) is 11.6 Å². The molecule has 2 aromatic rings. The lowest BCUT2D eigenvalue weighted by Crippen LogP contribution is -2.21. The first kappa shape index (κ1) is 14.7. The first-order valence-electron chi connectivity index (χ1n) is 5.89. The molecule has 0 saturated carbocycles. The molecule has 0 aliphatic rings. The average molecular weight is 299 g/mol. The summed E-state index contributed by atoms with van der Waals surface area (Å²) in [6.45, 7) is 0. The smallest absolute Gasteiger partial charge is 0.142 e. The van der Waals surface area contributed by atoms with Gasteiger partial charge in [-0.05, 0) is 31.3 Å². The number of methoxy groups -OCH3 is 1. The van der Waals surface area contributed by atoms with Crippen LogP contribution in [0.2, 0.25) is 5.02 Å². The summed E-state index contributed by atoms with van der Waals surface area (Å²) in [7, 11) is 3.12. The van der Waals surface area contributed by atoms with E-state index in [0.717, 1.165) is 12.1 Å². The second kappa shape index (κ2) is 6.15. The first-order chi connectivity index (χ1) is 9.58. The van der Waals surface area contributed by atoms with Crippen LogP contribution in [0.5, 0.6) is 5.75 Å². The number of halogens is 3. The van der Waals surface area contributed by atoms with Gasteiger partial charge in [0.05, 0.1) is 18.2 Å². The molecule has 0 aliphatic carbocycles. The predicted octanol–water partition coefficient (Wildman–Crippen LogP) is 3.33. The largest absolute Gasteiger partial charge is 0.495 e. The molecular formula is C14H13ClF2N2O. The maximum atomic E-state index is 14.0. The third-order valence-corrected chi connectivity index (χ3v) is 3.22. The van der Waals surface area contributed by atoms with Crippen molar-refractivity contribution in [3.63, 3.8) is 0 Å². The summed E-state index contributed by atoms with van der Waals surface area (Å²) in [4.78, 5) is 4.18. The highest BCUT2D eigenvalue weighted by Crippen LogP contribution is 2.31. The Bertz CT molecular complexity index is 622. The maximum absolute atomic E-state index is 14.0. The zero-order valence-electron chi connectivity index (χ0n) is 11.0. The van der Waals surface area contributed by atoms with Crippen LogP contribution >= 0.6 is 11.6 Å². The SMILES string of the molecule is CNC(c1cc(F)c(Cl)cc1F)c1ncccc1OC. The number of hydrogen-bond acceptors (Lipinski definition) is 3. The van der Waals surface area contributed by atoms with E-state index < -0.39 is 17.7 Å². The minimum absolute atomic E-state index is 0.117. The molecule has 20 heavy (non-hydrogen) atoms. The summed E-state index contributed by atoms with van der Waals surface area (Å²) in [6.07, 6.45) is 1.56. The fourth-order valence-corrected chi connectivity index (χ4v) is 2.14. The molecule has 3 nitrogen and oxygen atoms in total. The van der Waals surface area contributed by atoms with Crippen LogP contribution in [0.1, 0.15) is 17.3 Å². The van der Waals surface area contributed by atoms with Crippen molar-refractivity contribution in [1.82, 2.24) is 10.3 Å². The molecule has 1 atom stereocenters. The Morgan fingerprint density at radius 3 is 2.70 bits per heavy atom. The minimum Gasteiger partial charge on any atom is -0.495 e. The molecule has 1 aromatic carbocycles. The number of nitrogens with one attached hydrogen (secondary N) is 1. The highest BCUT2D eigenvalue weighted by Gasteiger charge is 2.22. The van der Waals surface area contributed by atoms with Crippen LogP contribution in [-0.4, -0.2) is 19.1 Å². The van der Waals surface area contributed by atoms with Crippen LogP contribution < -0.4 is 10.1 Å². The van der Waals surface area contributed by atoms with E-state index in [0.29, 0.717) is 11.4 Å². The molecule has 0 radical (unpaired) electrons. The van der Waals surface area contributed by atoms with Gasteiger partial charge in [0.15, 0.2) is 0 Å². The fraction of sp³-hybridized carbons (Fsp3) is 0.214.